The predicted molar refractivity (Wildman–Crippen MR) is 81.1 cm³/mol. The van der Waals surface area contributed by atoms with E-state index in [1.807, 2.05) is 12.3 Å². The summed E-state index contributed by atoms with van der Waals surface area (Å²) < 4.78 is 14.0. The summed E-state index contributed by atoms with van der Waals surface area (Å²) >= 11 is 5.06. The lowest BCUT2D eigenvalue weighted by Crippen LogP contribution is -2.29. The predicted octanol–water partition coefficient (Wildman–Crippen LogP) is 4.44. The first-order valence-electron chi connectivity index (χ1n) is 6.10. The van der Waals surface area contributed by atoms with Gasteiger partial charge in [-0.25, -0.2) is 9.37 Å². The number of halogens is 2. The molecule has 2 nitrogen and oxygen atoms in total. The van der Waals surface area contributed by atoms with Crippen molar-refractivity contribution in [1.82, 2.24) is 10.3 Å². The molecule has 1 aromatic carbocycles. The molecule has 2 rings (SSSR count). The first-order valence-corrected chi connectivity index (χ1v) is 7.77. The van der Waals surface area contributed by atoms with Gasteiger partial charge in [0.2, 0.25) is 0 Å². The highest BCUT2D eigenvalue weighted by Gasteiger charge is 2.20. The van der Waals surface area contributed by atoms with E-state index in [0.717, 1.165) is 20.7 Å². The fraction of sp³-hybridized carbons (Fsp3) is 0.357. The molecule has 0 saturated carbocycles. The average Bonchev–Trinajstić information content (AvgIpc) is 2.73. The molecule has 0 spiro atoms. The molecule has 0 saturated heterocycles. The molecule has 0 amide bonds. The highest BCUT2D eigenvalue weighted by Crippen LogP contribution is 2.31. The topological polar surface area (TPSA) is 24.9 Å². The second-order valence-electron chi connectivity index (χ2n) is 4.75. The second-order valence-corrected chi connectivity index (χ2v) is 6.49. The fourth-order valence-corrected chi connectivity index (χ4v) is 3.32. The summed E-state index contributed by atoms with van der Waals surface area (Å²) in [6.07, 6.45) is 0. The smallest absolute Gasteiger partial charge is 0.124 e. The lowest BCUT2D eigenvalue weighted by molar-refractivity contribution is 0.524. The summed E-state index contributed by atoms with van der Waals surface area (Å²) in [5.74, 6) is -0.241. The van der Waals surface area contributed by atoms with Crippen molar-refractivity contribution in [2.75, 3.05) is 0 Å². The summed E-state index contributed by atoms with van der Waals surface area (Å²) in [6, 6.07) is 5.07. The van der Waals surface area contributed by atoms with Crippen LogP contribution in [0.5, 0.6) is 0 Å². The summed E-state index contributed by atoms with van der Waals surface area (Å²) in [5.41, 5.74) is 2.01. The van der Waals surface area contributed by atoms with E-state index in [-0.39, 0.29) is 11.9 Å². The Morgan fingerprint density at radius 3 is 2.63 bits per heavy atom. The Balaban J connectivity index is 2.42. The van der Waals surface area contributed by atoms with Gasteiger partial charge in [0.25, 0.3) is 0 Å². The minimum atomic E-state index is -0.241. The van der Waals surface area contributed by atoms with Gasteiger partial charge in [-0.05, 0) is 38.5 Å². The van der Waals surface area contributed by atoms with Crippen molar-refractivity contribution >= 4 is 27.3 Å². The van der Waals surface area contributed by atoms with Gasteiger partial charge in [0.1, 0.15) is 10.8 Å². The number of hydrogen-bond acceptors (Lipinski definition) is 3. The summed E-state index contributed by atoms with van der Waals surface area (Å²) in [4.78, 5) is 4.55. The lowest BCUT2D eigenvalue weighted by atomic mass is 10.1. The van der Waals surface area contributed by atoms with Crippen LogP contribution >= 0.6 is 27.3 Å². The molecule has 2 aromatic rings. The molecular weight excluding hydrogens is 327 g/mol. The lowest BCUT2D eigenvalue weighted by Gasteiger charge is -2.21. The third-order valence-electron chi connectivity index (χ3n) is 2.66. The fourth-order valence-electron chi connectivity index (χ4n) is 1.87. The molecule has 0 fully saturated rings. The molecule has 5 heteroatoms. The number of aryl methyl sites for hydroxylation is 1. The normalized spacial score (nSPS) is 12.9. The minimum absolute atomic E-state index is 0.0197. The number of nitrogens with zero attached hydrogens (tertiary/aromatic N) is 1. The molecule has 0 aliphatic rings. The van der Waals surface area contributed by atoms with Crippen molar-refractivity contribution in [2.45, 2.75) is 32.9 Å². The quantitative estimate of drug-likeness (QED) is 0.888. The zero-order valence-corrected chi connectivity index (χ0v) is 13.5. The molecule has 19 heavy (non-hydrogen) atoms. The molecule has 0 aliphatic heterocycles. The van der Waals surface area contributed by atoms with Crippen molar-refractivity contribution in [3.05, 3.63) is 50.1 Å². The maximum absolute atomic E-state index is 13.2. The average molecular weight is 343 g/mol. The summed E-state index contributed by atoms with van der Waals surface area (Å²) in [6.45, 7) is 6.15. The van der Waals surface area contributed by atoms with Gasteiger partial charge >= 0.3 is 0 Å². The van der Waals surface area contributed by atoms with Crippen LogP contribution in [0.25, 0.3) is 0 Å². The van der Waals surface area contributed by atoms with Crippen molar-refractivity contribution in [2.24, 2.45) is 0 Å². The SMILES string of the molecule is Cc1csc(C(NC(C)C)c2ccc(F)cc2Br)n1. The van der Waals surface area contributed by atoms with E-state index in [9.17, 15) is 4.39 Å². The van der Waals surface area contributed by atoms with Gasteiger partial charge in [-0.15, -0.1) is 11.3 Å². The van der Waals surface area contributed by atoms with E-state index in [2.05, 4.69) is 40.1 Å². The van der Waals surface area contributed by atoms with Gasteiger partial charge in [-0.2, -0.15) is 0 Å². The van der Waals surface area contributed by atoms with Crippen LogP contribution in [0.2, 0.25) is 0 Å². The van der Waals surface area contributed by atoms with Crippen LogP contribution in [0.3, 0.4) is 0 Å². The molecule has 0 aliphatic carbocycles. The van der Waals surface area contributed by atoms with E-state index < -0.39 is 0 Å². The zero-order valence-electron chi connectivity index (χ0n) is 11.1. The molecule has 1 aromatic heterocycles. The van der Waals surface area contributed by atoms with Gasteiger partial charge in [-0.3, -0.25) is 0 Å². The van der Waals surface area contributed by atoms with E-state index in [4.69, 9.17) is 0 Å². The first kappa shape index (κ1) is 14.6. The Morgan fingerprint density at radius 2 is 2.11 bits per heavy atom. The minimum Gasteiger partial charge on any atom is -0.302 e. The number of hydrogen-bond donors (Lipinski definition) is 1. The van der Waals surface area contributed by atoms with Gasteiger partial charge in [0.15, 0.2) is 0 Å². The van der Waals surface area contributed by atoms with Crippen LogP contribution in [0.15, 0.2) is 28.1 Å². The molecule has 1 heterocycles. The maximum atomic E-state index is 13.2. The van der Waals surface area contributed by atoms with Crippen molar-refractivity contribution in [3.63, 3.8) is 0 Å². The summed E-state index contributed by atoms with van der Waals surface area (Å²) in [7, 11) is 0. The molecule has 1 atom stereocenters. The van der Waals surface area contributed by atoms with Crippen molar-refractivity contribution in [1.29, 1.82) is 0 Å². The highest BCUT2D eigenvalue weighted by molar-refractivity contribution is 9.10. The number of thiazole rings is 1. The van der Waals surface area contributed by atoms with Gasteiger partial charge in [0, 0.05) is 21.6 Å². The van der Waals surface area contributed by atoms with E-state index in [1.165, 1.54) is 12.1 Å². The second kappa shape index (κ2) is 6.11. The van der Waals surface area contributed by atoms with Crippen LogP contribution in [-0.4, -0.2) is 11.0 Å². The monoisotopic (exact) mass is 342 g/mol. The Kier molecular flexibility index (Phi) is 4.71. The summed E-state index contributed by atoms with van der Waals surface area (Å²) in [5, 5.41) is 6.51. The Morgan fingerprint density at radius 1 is 1.37 bits per heavy atom. The molecule has 1 N–H and O–H groups in total. The number of rotatable bonds is 4. The van der Waals surface area contributed by atoms with E-state index >= 15 is 0 Å². The Hall–Kier alpha value is -0.780. The number of aromatic nitrogens is 1. The van der Waals surface area contributed by atoms with Crippen LogP contribution in [-0.2, 0) is 0 Å². The molecule has 0 bridgehead atoms. The van der Waals surface area contributed by atoms with Gasteiger partial charge < -0.3 is 5.32 Å². The molecular formula is C14H16BrFN2S. The largest absolute Gasteiger partial charge is 0.302 e. The zero-order chi connectivity index (χ0) is 14.0. The number of benzene rings is 1. The highest BCUT2D eigenvalue weighted by atomic mass is 79.9. The van der Waals surface area contributed by atoms with Crippen LogP contribution in [0, 0.1) is 12.7 Å². The Labute approximate surface area is 125 Å². The van der Waals surface area contributed by atoms with Crippen molar-refractivity contribution in [3.8, 4) is 0 Å². The third kappa shape index (κ3) is 3.61. The van der Waals surface area contributed by atoms with Gasteiger partial charge in [0.05, 0.1) is 6.04 Å². The van der Waals surface area contributed by atoms with Crippen LogP contribution in [0.1, 0.15) is 36.2 Å². The van der Waals surface area contributed by atoms with Gasteiger partial charge in [-0.1, -0.05) is 22.0 Å². The molecule has 102 valence electrons. The molecule has 0 radical (unpaired) electrons. The Bertz CT molecular complexity index is 568. The van der Waals surface area contributed by atoms with Crippen LogP contribution in [0.4, 0.5) is 4.39 Å². The maximum Gasteiger partial charge on any atom is 0.124 e. The molecule has 1 unspecified atom stereocenters. The van der Waals surface area contributed by atoms with E-state index in [0.29, 0.717) is 6.04 Å². The first-order chi connectivity index (χ1) is 8.97. The van der Waals surface area contributed by atoms with E-state index in [1.54, 1.807) is 17.4 Å². The van der Waals surface area contributed by atoms with Crippen molar-refractivity contribution < 1.29 is 4.39 Å². The number of nitrogens with one attached hydrogen (secondary N) is 1. The van der Waals surface area contributed by atoms with Crippen LogP contribution < -0.4 is 5.32 Å². The standard InChI is InChI=1S/C14H16BrFN2S/c1-8(2)17-13(14-18-9(3)7-19-14)11-5-4-10(16)6-12(11)15/h4-8,13,17H,1-3H3. The third-order valence-corrected chi connectivity index (χ3v) is 4.37.